The number of aromatic nitrogens is 3. The number of halogens is 1. The second kappa shape index (κ2) is 5.77. The lowest BCUT2D eigenvalue weighted by molar-refractivity contribution is 0.881. The van der Waals surface area contributed by atoms with Gasteiger partial charge in [0.15, 0.2) is 0 Å². The summed E-state index contributed by atoms with van der Waals surface area (Å²) in [4.78, 5) is 14.6. The van der Waals surface area contributed by atoms with Gasteiger partial charge in [0.2, 0.25) is 0 Å². The van der Waals surface area contributed by atoms with Gasteiger partial charge in [-0.2, -0.15) is 0 Å². The predicted molar refractivity (Wildman–Crippen MR) is 75.6 cm³/mol. The molecule has 0 fully saturated rings. The zero-order valence-electron chi connectivity index (χ0n) is 10.3. The van der Waals surface area contributed by atoms with E-state index in [0.717, 1.165) is 28.2 Å². The fourth-order valence-corrected chi connectivity index (χ4v) is 2.35. The number of hydrogen-bond acceptors (Lipinski definition) is 5. The summed E-state index contributed by atoms with van der Waals surface area (Å²) >= 11 is 3.51. The zero-order chi connectivity index (χ0) is 13.0. The number of nitrogens with one attached hydrogen (secondary N) is 1. The van der Waals surface area contributed by atoms with Gasteiger partial charge in [0.1, 0.15) is 22.4 Å². The first-order chi connectivity index (χ1) is 8.72. The largest absolute Gasteiger partial charge is 0.372 e. The van der Waals surface area contributed by atoms with E-state index in [9.17, 15) is 0 Å². The third-order valence-corrected chi connectivity index (χ3v) is 3.24. The number of rotatable bonds is 4. The third-order valence-electron chi connectivity index (χ3n) is 2.51. The summed E-state index contributed by atoms with van der Waals surface area (Å²) in [6.07, 6.45) is 5.17. The van der Waals surface area contributed by atoms with Crippen LogP contribution in [0, 0.1) is 0 Å². The first-order valence-electron chi connectivity index (χ1n) is 5.50. The maximum absolute atomic E-state index is 4.29. The van der Waals surface area contributed by atoms with Gasteiger partial charge >= 0.3 is 0 Å². The van der Waals surface area contributed by atoms with Gasteiger partial charge in [-0.15, -0.1) is 0 Å². The molecule has 0 amide bonds. The Morgan fingerprint density at radius 1 is 1.39 bits per heavy atom. The van der Waals surface area contributed by atoms with Crippen LogP contribution >= 0.6 is 15.9 Å². The lowest BCUT2D eigenvalue weighted by Gasteiger charge is -2.20. The molecule has 0 aliphatic rings. The number of anilines is 2. The van der Waals surface area contributed by atoms with Crippen molar-refractivity contribution in [3.63, 3.8) is 0 Å². The molecule has 0 unspecified atom stereocenters. The van der Waals surface area contributed by atoms with Crippen LogP contribution in [0.3, 0.4) is 0 Å². The molecule has 0 saturated heterocycles. The molecule has 0 aliphatic carbocycles. The monoisotopic (exact) mass is 307 g/mol. The van der Waals surface area contributed by atoms with Crippen LogP contribution in [-0.2, 0) is 6.54 Å². The fourth-order valence-electron chi connectivity index (χ4n) is 1.64. The van der Waals surface area contributed by atoms with Crippen molar-refractivity contribution in [2.24, 2.45) is 0 Å². The first kappa shape index (κ1) is 12.8. The normalized spacial score (nSPS) is 10.2. The molecule has 0 aliphatic heterocycles. The Morgan fingerprint density at radius 3 is 2.89 bits per heavy atom. The molecule has 0 atom stereocenters. The molecule has 0 spiro atoms. The molecule has 2 aromatic heterocycles. The Hall–Kier alpha value is -1.69. The zero-order valence-corrected chi connectivity index (χ0v) is 11.8. The lowest BCUT2D eigenvalue weighted by atomic mass is 10.3. The van der Waals surface area contributed by atoms with Gasteiger partial charge in [0, 0.05) is 33.0 Å². The van der Waals surface area contributed by atoms with E-state index in [-0.39, 0.29) is 0 Å². The molecule has 0 radical (unpaired) electrons. The molecule has 6 heteroatoms. The Balaban J connectivity index is 2.21. The summed E-state index contributed by atoms with van der Waals surface area (Å²) in [6, 6.07) is 3.97. The van der Waals surface area contributed by atoms with E-state index in [0.29, 0.717) is 0 Å². The van der Waals surface area contributed by atoms with Crippen LogP contribution in [0.5, 0.6) is 0 Å². The summed E-state index contributed by atoms with van der Waals surface area (Å²) in [5.74, 6) is 1.62. The minimum Gasteiger partial charge on any atom is -0.372 e. The lowest BCUT2D eigenvalue weighted by Crippen LogP contribution is -2.19. The second-order valence-corrected chi connectivity index (χ2v) is 4.62. The highest BCUT2D eigenvalue weighted by Gasteiger charge is 2.11. The Kier molecular flexibility index (Phi) is 4.09. The minimum absolute atomic E-state index is 0.743. The van der Waals surface area contributed by atoms with Crippen LogP contribution < -0.4 is 10.2 Å². The van der Waals surface area contributed by atoms with E-state index in [4.69, 9.17) is 0 Å². The summed E-state index contributed by atoms with van der Waals surface area (Å²) in [7, 11) is 3.82. The van der Waals surface area contributed by atoms with Gasteiger partial charge in [0.05, 0.1) is 0 Å². The van der Waals surface area contributed by atoms with Crippen LogP contribution in [0.15, 0.2) is 35.3 Å². The van der Waals surface area contributed by atoms with Gasteiger partial charge in [0.25, 0.3) is 0 Å². The molecular formula is C12H14BrN5. The average Bonchev–Trinajstić information content (AvgIpc) is 2.40. The quantitative estimate of drug-likeness (QED) is 0.939. The van der Waals surface area contributed by atoms with Crippen molar-refractivity contribution < 1.29 is 0 Å². The van der Waals surface area contributed by atoms with Crippen molar-refractivity contribution in [3.05, 3.63) is 40.9 Å². The van der Waals surface area contributed by atoms with Crippen LogP contribution in [0.4, 0.5) is 11.6 Å². The van der Waals surface area contributed by atoms with E-state index < -0.39 is 0 Å². The van der Waals surface area contributed by atoms with Crippen molar-refractivity contribution in [2.75, 3.05) is 24.3 Å². The maximum atomic E-state index is 4.29. The first-order valence-corrected chi connectivity index (χ1v) is 6.30. The molecule has 2 heterocycles. The second-order valence-electron chi connectivity index (χ2n) is 3.83. The molecule has 2 rings (SSSR count). The van der Waals surface area contributed by atoms with Crippen LogP contribution in [0.1, 0.15) is 5.56 Å². The summed E-state index contributed by atoms with van der Waals surface area (Å²) < 4.78 is 0.860. The summed E-state index contributed by atoms with van der Waals surface area (Å²) in [6.45, 7) is 0.743. The Morgan fingerprint density at radius 2 is 2.22 bits per heavy atom. The van der Waals surface area contributed by atoms with Gasteiger partial charge in [-0.25, -0.2) is 9.97 Å². The average molecular weight is 308 g/mol. The highest BCUT2D eigenvalue weighted by molar-refractivity contribution is 9.10. The van der Waals surface area contributed by atoms with E-state index in [1.54, 1.807) is 12.5 Å². The van der Waals surface area contributed by atoms with Crippen LogP contribution in [0.2, 0.25) is 0 Å². The molecule has 2 aromatic rings. The fraction of sp³-hybridized carbons (Fsp3) is 0.250. The summed E-state index contributed by atoms with van der Waals surface area (Å²) in [5, 5.41) is 3.02. The van der Waals surface area contributed by atoms with E-state index in [2.05, 4.69) is 36.2 Å². The highest BCUT2D eigenvalue weighted by atomic mass is 79.9. The molecule has 0 bridgehead atoms. The van der Waals surface area contributed by atoms with Crippen molar-refractivity contribution in [1.82, 2.24) is 15.0 Å². The third kappa shape index (κ3) is 2.76. The molecular weight excluding hydrogens is 294 g/mol. The van der Waals surface area contributed by atoms with Crippen LogP contribution in [-0.4, -0.2) is 29.0 Å². The van der Waals surface area contributed by atoms with Crippen molar-refractivity contribution in [2.45, 2.75) is 6.54 Å². The van der Waals surface area contributed by atoms with Gasteiger partial charge in [-0.05, 0) is 27.6 Å². The van der Waals surface area contributed by atoms with Crippen LogP contribution in [0.25, 0.3) is 0 Å². The molecule has 94 valence electrons. The van der Waals surface area contributed by atoms with Gasteiger partial charge in [-0.1, -0.05) is 6.07 Å². The van der Waals surface area contributed by atoms with E-state index >= 15 is 0 Å². The SMILES string of the molecule is CNc1ncnc(N(C)Cc2cccnc2)c1Br. The van der Waals surface area contributed by atoms with Crippen molar-refractivity contribution in [3.8, 4) is 0 Å². The Labute approximate surface area is 114 Å². The van der Waals surface area contributed by atoms with Crippen molar-refractivity contribution >= 4 is 27.6 Å². The predicted octanol–water partition coefficient (Wildman–Crippen LogP) is 2.31. The molecule has 5 nitrogen and oxygen atoms in total. The van der Waals surface area contributed by atoms with Gasteiger partial charge in [-0.3, -0.25) is 4.98 Å². The van der Waals surface area contributed by atoms with Crippen molar-refractivity contribution in [1.29, 1.82) is 0 Å². The highest BCUT2D eigenvalue weighted by Crippen LogP contribution is 2.28. The Bertz CT molecular complexity index is 517. The number of pyridine rings is 1. The smallest absolute Gasteiger partial charge is 0.148 e. The molecule has 0 saturated carbocycles. The topological polar surface area (TPSA) is 53.9 Å². The minimum atomic E-state index is 0.743. The number of nitrogens with zero attached hydrogens (tertiary/aromatic N) is 4. The van der Waals surface area contributed by atoms with E-state index in [1.807, 2.05) is 37.3 Å². The summed E-state index contributed by atoms with van der Waals surface area (Å²) in [5.41, 5.74) is 1.14. The molecule has 18 heavy (non-hydrogen) atoms. The van der Waals surface area contributed by atoms with E-state index in [1.165, 1.54) is 0 Å². The number of hydrogen-bond donors (Lipinski definition) is 1. The molecule has 0 aromatic carbocycles. The van der Waals surface area contributed by atoms with Gasteiger partial charge < -0.3 is 10.2 Å². The standard InChI is InChI=1S/C12H14BrN5/c1-14-11-10(13)12(17-8-16-11)18(2)7-9-4-3-5-15-6-9/h3-6,8H,7H2,1-2H3,(H,14,16,17). The molecule has 1 N–H and O–H groups in total. The maximum Gasteiger partial charge on any atom is 0.148 e.